The van der Waals surface area contributed by atoms with Gasteiger partial charge in [-0.3, -0.25) is 0 Å². The number of aryl methyl sites for hydroxylation is 2. The van der Waals surface area contributed by atoms with E-state index >= 15 is 0 Å². The second-order valence-electron chi connectivity index (χ2n) is 5.95. The number of aromatic nitrogens is 4. The molecule has 0 unspecified atom stereocenters. The molecule has 0 aliphatic rings. The Bertz CT molecular complexity index is 974. The molecule has 2 N–H and O–H groups in total. The minimum Gasteiger partial charge on any atom is -0.342 e. The molecule has 0 amide bonds. The molecule has 0 saturated carbocycles. The smallest absolute Gasteiger partial charge is 0.260 e. The molecule has 25 heavy (non-hydrogen) atoms. The average Bonchev–Trinajstić information content (AvgIpc) is 3.22. The number of benzene rings is 1. The normalized spacial score (nSPS) is 12.3. The summed E-state index contributed by atoms with van der Waals surface area (Å²) in [4.78, 5) is 14.8. The Morgan fingerprint density at radius 2 is 1.96 bits per heavy atom. The zero-order chi connectivity index (χ0) is 18.0. The number of nitrogens with one attached hydrogen (secondary N) is 2. The fourth-order valence-electron chi connectivity index (χ4n) is 2.82. The first kappa shape index (κ1) is 17.6. The Balaban J connectivity index is 1.78. The molecule has 0 aliphatic carbocycles. The van der Waals surface area contributed by atoms with Crippen molar-refractivity contribution < 1.29 is 8.42 Å². The van der Waals surface area contributed by atoms with E-state index in [-0.39, 0.29) is 5.03 Å². The largest absolute Gasteiger partial charge is 0.342 e. The van der Waals surface area contributed by atoms with Crippen LogP contribution in [-0.2, 0) is 22.9 Å². The van der Waals surface area contributed by atoms with Crippen LogP contribution in [0.4, 0.5) is 0 Å². The van der Waals surface area contributed by atoms with Crippen LogP contribution in [0.25, 0.3) is 11.0 Å². The first-order valence-corrected chi connectivity index (χ1v) is 9.88. The van der Waals surface area contributed by atoms with E-state index in [1.54, 1.807) is 0 Å². The topological polar surface area (TPSA) is 94.7 Å². The molecule has 0 atom stereocenters. The lowest BCUT2D eigenvalue weighted by molar-refractivity contribution is 0.426. The van der Waals surface area contributed by atoms with Crippen LogP contribution in [-0.4, -0.2) is 45.7 Å². The lowest BCUT2D eigenvalue weighted by atomic mass is 10.2. The zero-order valence-corrected chi connectivity index (χ0v) is 15.5. The van der Waals surface area contributed by atoms with Gasteiger partial charge in [0.15, 0.2) is 5.03 Å². The molecule has 8 heteroatoms. The van der Waals surface area contributed by atoms with Crippen LogP contribution < -0.4 is 0 Å². The van der Waals surface area contributed by atoms with Crippen LogP contribution in [0.1, 0.15) is 31.1 Å². The van der Waals surface area contributed by atoms with E-state index in [1.165, 1.54) is 10.5 Å². The van der Waals surface area contributed by atoms with Crippen molar-refractivity contribution in [3.05, 3.63) is 41.6 Å². The number of hydrogen-bond donors (Lipinski definition) is 2. The van der Waals surface area contributed by atoms with Crippen molar-refractivity contribution in [2.24, 2.45) is 0 Å². The molecular formula is C17H23N5O2S. The number of nitrogens with zero attached hydrogens (tertiary/aromatic N) is 3. The van der Waals surface area contributed by atoms with Crippen molar-refractivity contribution in [2.45, 2.75) is 38.6 Å². The summed E-state index contributed by atoms with van der Waals surface area (Å²) >= 11 is 0. The predicted octanol–water partition coefficient (Wildman–Crippen LogP) is 2.41. The van der Waals surface area contributed by atoms with E-state index in [4.69, 9.17) is 0 Å². The number of para-hydroxylation sites is 1. The van der Waals surface area contributed by atoms with Gasteiger partial charge in [0.25, 0.3) is 10.0 Å². The maximum absolute atomic E-state index is 12.8. The third-order valence-electron chi connectivity index (χ3n) is 4.27. The summed E-state index contributed by atoms with van der Waals surface area (Å²) in [5, 5.41) is 0.145. The van der Waals surface area contributed by atoms with Gasteiger partial charge < -0.3 is 9.97 Å². The van der Waals surface area contributed by atoms with Crippen molar-refractivity contribution in [3.63, 3.8) is 0 Å². The summed E-state index contributed by atoms with van der Waals surface area (Å²) in [5.41, 5.74) is 3.01. The third-order valence-corrected chi connectivity index (χ3v) is 6.16. The molecule has 0 radical (unpaired) electrons. The van der Waals surface area contributed by atoms with Crippen LogP contribution in [0.15, 0.2) is 29.4 Å². The van der Waals surface area contributed by atoms with Gasteiger partial charge in [-0.1, -0.05) is 26.0 Å². The highest BCUT2D eigenvalue weighted by Crippen LogP contribution is 2.17. The van der Waals surface area contributed by atoms with Gasteiger partial charge in [-0.05, 0) is 18.6 Å². The van der Waals surface area contributed by atoms with Crippen molar-refractivity contribution in [1.29, 1.82) is 0 Å². The molecule has 3 rings (SSSR count). The molecule has 1 aromatic carbocycles. The van der Waals surface area contributed by atoms with Crippen molar-refractivity contribution in [2.75, 3.05) is 13.1 Å². The van der Waals surface area contributed by atoms with Crippen molar-refractivity contribution >= 4 is 21.1 Å². The fraction of sp³-hybridized carbons (Fsp3) is 0.412. The van der Waals surface area contributed by atoms with Crippen molar-refractivity contribution in [1.82, 2.24) is 24.2 Å². The van der Waals surface area contributed by atoms with Crippen LogP contribution in [0.2, 0.25) is 0 Å². The SMILES string of the molecule is CCc1ncc(S(=O)(=O)N(CC)CCc2nc3c(C)cccc3[nH]2)[nH]1. The van der Waals surface area contributed by atoms with Gasteiger partial charge in [0, 0.05) is 25.9 Å². The van der Waals surface area contributed by atoms with Gasteiger partial charge in [-0.15, -0.1) is 0 Å². The first-order chi connectivity index (χ1) is 12.0. The van der Waals surface area contributed by atoms with Gasteiger partial charge >= 0.3 is 0 Å². The summed E-state index contributed by atoms with van der Waals surface area (Å²) in [6.07, 6.45) is 2.58. The second-order valence-corrected chi connectivity index (χ2v) is 7.86. The number of imidazole rings is 2. The summed E-state index contributed by atoms with van der Waals surface area (Å²) in [7, 11) is -3.58. The van der Waals surface area contributed by atoms with Gasteiger partial charge in [0.1, 0.15) is 11.6 Å². The van der Waals surface area contributed by atoms with Gasteiger partial charge in [0.2, 0.25) is 0 Å². The van der Waals surface area contributed by atoms with Gasteiger partial charge in [-0.25, -0.2) is 18.4 Å². The Hall–Kier alpha value is -2.19. The van der Waals surface area contributed by atoms with Crippen LogP contribution in [0, 0.1) is 6.92 Å². The maximum Gasteiger partial charge on any atom is 0.260 e. The highest BCUT2D eigenvalue weighted by molar-refractivity contribution is 7.89. The molecule has 0 spiro atoms. The van der Waals surface area contributed by atoms with Crippen molar-refractivity contribution in [3.8, 4) is 0 Å². The quantitative estimate of drug-likeness (QED) is 0.675. The molecule has 0 saturated heterocycles. The number of likely N-dealkylation sites (N-methyl/N-ethyl adjacent to an activating group) is 1. The molecule has 0 fully saturated rings. The summed E-state index contributed by atoms with van der Waals surface area (Å²) in [5.74, 6) is 1.46. The van der Waals surface area contributed by atoms with Gasteiger partial charge in [0.05, 0.1) is 17.2 Å². The van der Waals surface area contributed by atoms with E-state index in [1.807, 2.05) is 39.0 Å². The maximum atomic E-state index is 12.8. The molecule has 0 aliphatic heterocycles. The fourth-order valence-corrected chi connectivity index (χ4v) is 4.20. The summed E-state index contributed by atoms with van der Waals surface area (Å²) in [6.45, 7) is 6.52. The average molecular weight is 361 g/mol. The summed E-state index contributed by atoms with van der Waals surface area (Å²) < 4.78 is 27.0. The lowest BCUT2D eigenvalue weighted by Crippen LogP contribution is -2.33. The van der Waals surface area contributed by atoms with Crippen LogP contribution in [0.5, 0.6) is 0 Å². The number of H-pyrrole nitrogens is 2. The Labute approximate surface area is 147 Å². The van der Waals surface area contributed by atoms with E-state index < -0.39 is 10.0 Å². The number of rotatable bonds is 7. The monoisotopic (exact) mass is 361 g/mol. The number of aromatic amines is 2. The molecule has 3 aromatic rings. The molecule has 2 aromatic heterocycles. The Morgan fingerprint density at radius 3 is 2.60 bits per heavy atom. The molecule has 134 valence electrons. The van der Waals surface area contributed by atoms with Gasteiger partial charge in [-0.2, -0.15) is 4.31 Å². The highest BCUT2D eigenvalue weighted by atomic mass is 32.2. The lowest BCUT2D eigenvalue weighted by Gasteiger charge is -2.18. The second kappa shape index (κ2) is 6.97. The Kier molecular flexibility index (Phi) is 4.91. The highest BCUT2D eigenvalue weighted by Gasteiger charge is 2.25. The number of fused-ring (bicyclic) bond motifs is 1. The van der Waals surface area contributed by atoms with E-state index in [2.05, 4.69) is 19.9 Å². The molecule has 7 nitrogen and oxygen atoms in total. The third kappa shape index (κ3) is 3.45. The minimum atomic E-state index is -3.58. The first-order valence-electron chi connectivity index (χ1n) is 8.44. The minimum absolute atomic E-state index is 0.145. The predicted molar refractivity (Wildman–Crippen MR) is 96.9 cm³/mol. The molecule has 0 bridgehead atoms. The number of sulfonamides is 1. The van der Waals surface area contributed by atoms with E-state index in [0.29, 0.717) is 31.8 Å². The molecule has 2 heterocycles. The van der Waals surface area contributed by atoms with E-state index in [0.717, 1.165) is 22.4 Å². The zero-order valence-electron chi connectivity index (χ0n) is 14.7. The van der Waals surface area contributed by atoms with E-state index in [9.17, 15) is 8.42 Å². The van der Waals surface area contributed by atoms with Crippen LogP contribution in [0.3, 0.4) is 0 Å². The van der Waals surface area contributed by atoms with Crippen LogP contribution >= 0.6 is 0 Å². The standard InChI is InChI=1S/C17H23N5O2S/c1-4-14-18-11-16(20-14)25(23,24)22(5-2)10-9-15-19-13-8-6-7-12(3)17(13)21-15/h6-8,11H,4-5,9-10H2,1-3H3,(H,18,20)(H,19,21). The summed E-state index contributed by atoms with van der Waals surface area (Å²) in [6, 6.07) is 5.97. The molecular weight excluding hydrogens is 338 g/mol. The Morgan fingerprint density at radius 1 is 1.16 bits per heavy atom. The number of hydrogen-bond acceptors (Lipinski definition) is 4.